The number of rotatable bonds is 1. The van der Waals surface area contributed by atoms with E-state index in [0.29, 0.717) is 0 Å². The van der Waals surface area contributed by atoms with Gasteiger partial charge in [0, 0.05) is 18.8 Å². The average molecular weight is 202 g/mol. The maximum Gasteiger partial charge on any atom is 0.0344 e. The Kier molecular flexibility index (Phi) is 2.78. The zero-order chi connectivity index (χ0) is 10.8. The van der Waals surface area contributed by atoms with Crippen molar-refractivity contribution in [2.45, 2.75) is 19.9 Å². The van der Waals surface area contributed by atoms with Crippen LogP contribution in [0.15, 0.2) is 24.3 Å². The van der Waals surface area contributed by atoms with Gasteiger partial charge in [0.05, 0.1) is 0 Å². The lowest BCUT2D eigenvalue weighted by molar-refractivity contribution is 0.313. The maximum atomic E-state index is 5.91. The molecule has 0 radical (unpaired) electrons. The topological polar surface area (TPSA) is 29.3 Å². The molecule has 0 unspecified atom stereocenters. The zero-order valence-corrected chi connectivity index (χ0v) is 9.46. The molecule has 2 nitrogen and oxygen atoms in total. The van der Waals surface area contributed by atoms with Crippen LogP contribution in [0.5, 0.6) is 0 Å². The van der Waals surface area contributed by atoms with Gasteiger partial charge in [-0.3, -0.25) is 0 Å². The maximum absolute atomic E-state index is 5.91. The minimum Gasteiger partial charge on any atom is -0.399 e. The minimum absolute atomic E-state index is 0.867. The Morgan fingerprint density at radius 3 is 2.93 bits per heavy atom. The Hall–Kier alpha value is -1.28. The van der Waals surface area contributed by atoms with Gasteiger partial charge in [0.2, 0.25) is 0 Å². The summed E-state index contributed by atoms with van der Waals surface area (Å²) in [5.41, 5.74) is 10.8. The predicted molar refractivity (Wildman–Crippen MR) is 64.3 cm³/mol. The fourth-order valence-corrected chi connectivity index (χ4v) is 2.04. The molecule has 0 amide bonds. The number of allylic oxidation sites excluding steroid dienone is 1. The summed E-state index contributed by atoms with van der Waals surface area (Å²) >= 11 is 0. The average Bonchev–Trinajstić information content (AvgIpc) is 2.27. The third-order valence-electron chi connectivity index (χ3n) is 3.05. The molecule has 15 heavy (non-hydrogen) atoms. The van der Waals surface area contributed by atoms with E-state index < -0.39 is 0 Å². The van der Waals surface area contributed by atoms with Crippen molar-refractivity contribution in [2.75, 3.05) is 13.6 Å². The summed E-state index contributed by atoms with van der Waals surface area (Å²) < 4.78 is 0. The molecule has 0 fully saturated rings. The highest BCUT2D eigenvalue weighted by Crippen LogP contribution is 2.21. The van der Waals surface area contributed by atoms with E-state index in [-0.39, 0.29) is 0 Å². The van der Waals surface area contributed by atoms with Crippen LogP contribution in [0.4, 0.5) is 0 Å². The van der Waals surface area contributed by atoms with Gasteiger partial charge in [0.15, 0.2) is 0 Å². The van der Waals surface area contributed by atoms with Crippen LogP contribution in [0, 0.1) is 0 Å². The third kappa shape index (κ3) is 2.05. The van der Waals surface area contributed by atoms with E-state index in [4.69, 9.17) is 5.73 Å². The second-order valence-corrected chi connectivity index (χ2v) is 4.22. The summed E-state index contributed by atoms with van der Waals surface area (Å²) in [6.07, 6.45) is 3.11. The molecule has 1 aliphatic heterocycles. The van der Waals surface area contributed by atoms with Crippen molar-refractivity contribution >= 4 is 5.70 Å². The molecule has 0 spiro atoms. The lowest BCUT2D eigenvalue weighted by Gasteiger charge is -2.25. The van der Waals surface area contributed by atoms with Crippen LogP contribution in [-0.4, -0.2) is 18.5 Å². The summed E-state index contributed by atoms with van der Waals surface area (Å²) in [7, 11) is 2.16. The molecule has 0 aromatic heterocycles. The fraction of sp³-hybridized carbons (Fsp3) is 0.385. The van der Waals surface area contributed by atoms with E-state index in [1.165, 1.54) is 11.1 Å². The van der Waals surface area contributed by atoms with Gasteiger partial charge in [-0.2, -0.15) is 0 Å². The third-order valence-corrected chi connectivity index (χ3v) is 3.05. The Morgan fingerprint density at radius 1 is 1.40 bits per heavy atom. The van der Waals surface area contributed by atoms with Crippen molar-refractivity contribution in [1.29, 1.82) is 0 Å². The van der Waals surface area contributed by atoms with Crippen molar-refractivity contribution in [3.63, 3.8) is 0 Å². The largest absolute Gasteiger partial charge is 0.399 e. The SMILES string of the molecule is C/C=C(\N)c1ccc2c(c1)CN(C)CC2. The first kappa shape index (κ1) is 10.2. The number of benzene rings is 1. The van der Waals surface area contributed by atoms with E-state index in [9.17, 15) is 0 Å². The van der Waals surface area contributed by atoms with Gasteiger partial charge in [0.1, 0.15) is 0 Å². The number of nitrogens with two attached hydrogens (primary N) is 1. The van der Waals surface area contributed by atoms with Crippen LogP contribution in [0.2, 0.25) is 0 Å². The van der Waals surface area contributed by atoms with Crippen LogP contribution in [-0.2, 0) is 13.0 Å². The molecular weight excluding hydrogens is 184 g/mol. The van der Waals surface area contributed by atoms with Gasteiger partial charge in [-0.05, 0) is 43.1 Å². The lowest BCUT2D eigenvalue weighted by Crippen LogP contribution is -2.26. The molecule has 0 aliphatic carbocycles. The van der Waals surface area contributed by atoms with Crippen molar-refractivity contribution < 1.29 is 0 Å². The molecule has 2 N–H and O–H groups in total. The van der Waals surface area contributed by atoms with Gasteiger partial charge in [-0.25, -0.2) is 0 Å². The smallest absolute Gasteiger partial charge is 0.0344 e. The first-order valence-corrected chi connectivity index (χ1v) is 5.43. The number of fused-ring (bicyclic) bond motifs is 1. The standard InChI is InChI=1S/C13H18N2/c1-3-13(14)11-5-4-10-6-7-15(2)9-12(10)8-11/h3-5,8H,6-7,9,14H2,1-2H3/b13-3-. The van der Waals surface area contributed by atoms with Gasteiger partial charge in [-0.1, -0.05) is 18.2 Å². The molecule has 2 heteroatoms. The molecule has 2 rings (SSSR count). The van der Waals surface area contributed by atoms with Gasteiger partial charge >= 0.3 is 0 Å². The molecule has 0 atom stereocenters. The molecule has 1 aliphatic rings. The summed E-state index contributed by atoms with van der Waals surface area (Å²) in [6, 6.07) is 6.56. The van der Waals surface area contributed by atoms with Crippen LogP contribution in [0.25, 0.3) is 5.70 Å². The van der Waals surface area contributed by atoms with Crippen LogP contribution in [0.3, 0.4) is 0 Å². The van der Waals surface area contributed by atoms with Crippen LogP contribution < -0.4 is 5.73 Å². The van der Waals surface area contributed by atoms with Crippen molar-refractivity contribution in [3.8, 4) is 0 Å². The number of hydrogen-bond acceptors (Lipinski definition) is 2. The quantitative estimate of drug-likeness (QED) is 0.754. The van der Waals surface area contributed by atoms with E-state index in [2.05, 4.69) is 30.1 Å². The molecule has 1 aromatic rings. The summed E-state index contributed by atoms with van der Waals surface area (Å²) in [4.78, 5) is 2.35. The highest BCUT2D eigenvalue weighted by molar-refractivity contribution is 5.63. The van der Waals surface area contributed by atoms with Crippen molar-refractivity contribution in [2.24, 2.45) is 5.73 Å². The molecular formula is C13H18N2. The molecule has 1 heterocycles. The van der Waals surface area contributed by atoms with E-state index >= 15 is 0 Å². The normalized spacial score (nSPS) is 17.6. The molecule has 1 aromatic carbocycles. The van der Waals surface area contributed by atoms with Crippen LogP contribution in [0.1, 0.15) is 23.6 Å². The Bertz CT molecular complexity index is 394. The number of hydrogen-bond donors (Lipinski definition) is 1. The monoisotopic (exact) mass is 202 g/mol. The molecule has 0 saturated heterocycles. The summed E-state index contributed by atoms with van der Waals surface area (Å²) in [5, 5.41) is 0. The van der Waals surface area contributed by atoms with E-state index in [0.717, 1.165) is 30.8 Å². The second-order valence-electron chi connectivity index (χ2n) is 4.22. The molecule has 0 saturated carbocycles. The first-order valence-electron chi connectivity index (χ1n) is 5.43. The second kappa shape index (κ2) is 4.07. The zero-order valence-electron chi connectivity index (χ0n) is 9.46. The Balaban J connectivity index is 2.36. The number of nitrogens with zero attached hydrogens (tertiary/aromatic N) is 1. The highest BCUT2D eigenvalue weighted by Gasteiger charge is 2.13. The summed E-state index contributed by atoms with van der Waals surface area (Å²) in [6.45, 7) is 4.17. The van der Waals surface area contributed by atoms with Gasteiger partial charge in [-0.15, -0.1) is 0 Å². The predicted octanol–water partition coefficient (Wildman–Crippen LogP) is 1.99. The van der Waals surface area contributed by atoms with Gasteiger partial charge in [0.25, 0.3) is 0 Å². The van der Waals surface area contributed by atoms with Crippen LogP contribution >= 0.6 is 0 Å². The molecule has 0 bridgehead atoms. The minimum atomic E-state index is 0.867. The van der Waals surface area contributed by atoms with E-state index in [1.807, 2.05) is 13.0 Å². The van der Waals surface area contributed by atoms with Crippen molar-refractivity contribution in [3.05, 3.63) is 41.0 Å². The Labute approximate surface area is 91.4 Å². The first-order chi connectivity index (χ1) is 7.20. The lowest BCUT2D eigenvalue weighted by atomic mass is 9.97. The van der Waals surface area contributed by atoms with Gasteiger partial charge < -0.3 is 10.6 Å². The highest BCUT2D eigenvalue weighted by atomic mass is 15.1. The van der Waals surface area contributed by atoms with Crippen molar-refractivity contribution in [1.82, 2.24) is 4.90 Å². The fourth-order valence-electron chi connectivity index (χ4n) is 2.04. The summed E-state index contributed by atoms with van der Waals surface area (Å²) in [5.74, 6) is 0. The molecule has 80 valence electrons. The van der Waals surface area contributed by atoms with E-state index in [1.54, 1.807) is 0 Å². The Morgan fingerprint density at radius 2 is 2.20 bits per heavy atom. The number of likely N-dealkylation sites (N-methyl/N-ethyl adjacent to an activating group) is 1.